The monoisotopic (exact) mass is 440 g/mol. The van der Waals surface area contributed by atoms with Crippen LogP contribution in [-0.4, -0.2) is 36.1 Å². The second-order valence-electron chi connectivity index (χ2n) is 3.58. The zero-order chi connectivity index (χ0) is 15.1. The maximum Gasteiger partial charge on any atom is 3.00 e. The fraction of sp³-hybridized carbons (Fsp3) is 0.286. The van der Waals surface area contributed by atoms with E-state index in [1.54, 1.807) is 12.4 Å². The third-order valence-corrected chi connectivity index (χ3v) is 1.93. The molecule has 2 rings (SSSR count). The summed E-state index contributed by atoms with van der Waals surface area (Å²) in [4.78, 5) is 8.37. The number of pyridine rings is 2. The Labute approximate surface area is 173 Å². The molecule has 0 spiro atoms. The fourth-order valence-corrected chi connectivity index (χ4v) is 1.03. The van der Waals surface area contributed by atoms with Gasteiger partial charge in [0, 0.05) is 38.6 Å². The minimum Gasteiger partial charge on any atom is -1.00 e. The van der Waals surface area contributed by atoms with Crippen LogP contribution in [0.1, 0.15) is 0 Å². The Balaban J connectivity index is -0.0000000876. The van der Waals surface area contributed by atoms with Gasteiger partial charge in [-0.15, -0.1) is 0 Å². The van der Waals surface area contributed by atoms with Crippen LogP contribution in [0.5, 0.6) is 0 Å². The number of halogens is 3. The summed E-state index contributed by atoms with van der Waals surface area (Å²) in [5.41, 5.74) is 21.4. The van der Waals surface area contributed by atoms with E-state index in [2.05, 4.69) is 9.97 Å². The standard InChI is InChI=1S/C10H8N2.2C2H8N2.3ClH.Co/c1-3-7-11-9(5-1)10-6-2-4-8-12-10;2*3-1-2-4;;;;/h1-8H;2*1-4H2;3*1H;/q;;;;;;+3/p-3. The molecule has 0 bridgehead atoms. The van der Waals surface area contributed by atoms with Crippen LogP contribution in [0.25, 0.3) is 11.4 Å². The summed E-state index contributed by atoms with van der Waals surface area (Å²) in [6.45, 7) is 2.39. The molecule has 0 aliphatic rings. The second-order valence-corrected chi connectivity index (χ2v) is 3.58. The van der Waals surface area contributed by atoms with Crippen molar-refractivity contribution >= 4 is 0 Å². The molecule has 0 fully saturated rings. The molecule has 0 radical (unpaired) electrons. The van der Waals surface area contributed by atoms with Gasteiger partial charge in [-0.25, -0.2) is 0 Å². The fourth-order valence-electron chi connectivity index (χ4n) is 1.03. The maximum atomic E-state index is 4.90. The number of nitrogens with two attached hydrogens (primary N) is 4. The third kappa shape index (κ3) is 19.6. The van der Waals surface area contributed by atoms with Gasteiger partial charge in [0.1, 0.15) is 0 Å². The molecule has 2 aromatic rings. The second kappa shape index (κ2) is 27.4. The van der Waals surface area contributed by atoms with Crippen LogP contribution in [0.15, 0.2) is 48.8 Å². The predicted molar refractivity (Wildman–Crippen MR) is 83.7 cm³/mol. The van der Waals surface area contributed by atoms with Crippen LogP contribution in [0, 0.1) is 0 Å². The largest absolute Gasteiger partial charge is 3.00 e. The number of nitrogens with zero attached hydrogens (tertiary/aromatic N) is 2. The average molecular weight is 442 g/mol. The van der Waals surface area contributed by atoms with Crippen LogP contribution in [0.2, 0.25) is 0 Å². The Morgan fingerprint density at radius 2 is 0.875 bits per heavy atom. The van der Waals surface area contributed by atoms with E-state index in [0.29, 0.717) is 26.2 Å². The molecule has 0 unspecified atom stereocenters. The first kappa shape index (κ1) is 34.8. The van der Waals surface area contributed by atoms with Crippen molar-refractivity contribution in [2.24, 2.45) is 22.9 Å². The van der Waals surface area contributed by atoms with Crippen LogP contribution >= 0.6 is 0 Å². The molecule has 0 aliphatic carbocycles. The summed E-state index contributed by atoms with van der Waals surface area (Å²) < 4.78 is 0. The molecule has 0 saturated heterocycles. The van der Waals surface area contributed by atoms with Gasteiger partial charge in [0.05, 0.1) is 11.4 Å². The number of hydrogen-bond acceptors (Lipinski definition) is 6. The van der Waals surface area contributed by atoms with E-state index in [4.69, 9.17) is 22.9 Å². The van der Waals surface area contributed by atoms with E-state index in [1.807, 2.05) is 36.4 Å². The van der Waals surface area contributed by atoms with Crippen molar-refractivity contribution in [1.29, 1.82) is 0 Å². The Bertz CT molecular complexity index is 380. The summed E-state index contributed by atoms with van der Waals surface area (Å²) in [7, 11) is 0. The molecule has 0 saturated carbocycles. The van der Waals surface area contributed by atoms with Crippen molar-refractivity contribution in [2.75, 3.05) is 26.2 Å². The van der Waals surface area contributed by atoms with Crippen molar-refractivity contribution in [3.8, 4) is 11.4 Å². The van der Waals surface area contributed by atoms with Crippen molar-refractivity contribution in [3.05, 3.63) is 48.8 Å². The van der Waals surface area contributed by atoms with Gasteiger partial charge in [-0.3, -0.25) is 9.97 Å². The summed E-state index contributed by atoms with van der Waals surface area (Å²) in [6.07, 6.45) is 3.54. The molecule has 0 aliphatic heterocycles. The number of rotatable bonds is 3. The third-order valence-electron chi connectivity index (χ3n) is 1.93. The molecule has 8 N–H and O–H groups in total. The topological polar surface area (TPSA) is 130 Å². The first-order chi connectivity index (χ1) is 9.79. The Morgan fingerprint density at radius 3 is 1.04 bits per heavy atom. The molecule has 10 heteroatoms. The molecule has 0 amide bonds. The number of aromatic nitrogens is 2. The molecule has 2 aromatic heterocycles. The van der Waals surface area contributed by atoms with Crippen LogP contribution in [0.4, 0.5) is 0 Å². The first-order valence-electron chi connectivity index (χ1n) is 6.42. The van der Waals surface area contributed by atoms with Gasteiger partial charge >= 0.3 is 16.8 Å². The van der Waals surface area contributed by atoms with Gasteiger partial charge in [0.15, 0.2) is 0 Å². The minimum atomic E-state index is 0. The SMILES string of the molecule is NCCN.NCCN.[Cl-].[Cl-].[Cl-].[Co+3].c1ccc(-c2ccccn2)nc1. The van der Waals surface area contributed by atoms with Crippen molar-refractivity contribution in [3.63, 3.8) is 0 Å². The summed E-state index contributed by atoms with van der Waals surface area (Å²) >= 11 is 0. The van der Waals surface area contributed by atoms with Gasteiger partial charge in [-0.2, -0.15) is 0 Å². The van der Waals surface area contributed by atoms with Crippen LogP contribution in [0.3, 0.4) is 0 Å². The van der Waals surface area contributed by atoms with E-state index in [-0.39, 0.29) is 54.0 Å². The molecule has 0 aromatic carbocycles. The summed E-state index contributed by atoms with van der Waals surface area (Å²) in [5, 5.41) is 0. The van der Waals surface area contributed by atoms with Crippen LogP contribution < -0.4 is 60.2 Å². The molecule has 2 heterocycles. The molecular weight excluding hydrogens is 417 g/mol. The maximum absolute atomic E-state index is 4.90. The minimum absolute atomic E-state index is 0. The first-order valence-corrected chi connectivity index (χ1v) is 6.42. The van der Waals surface area contributed by atoms with E-state index < -0.39 is 0 Å². The Morgan fingerprint density at radius 1 is 0.583 bits per heavy atom. The summed E-state index contributed by atoms with van der Waals surface area (Å²) in [6, 6.07) is 11.6. The molecule has 24 heavy (non-hydrogen) atoms. The van der Waals surface area contributed by atoms with E-state index in [1.165, 1.54) is 0 Å². The molecule has 140 valence electrons. The van der Waals surface area contributed by atoms with Crippen molar-refractivity contribution in [2.45, 2.75) is 0 Å². The molecule has 6 nitrogen and oxygen atoms in total. The van der Waals surface area contributed by atoms with E-state index in [9.17, 15) is 0 Å². The van der Waals surface area contributed by atoms with Gasteiger partial charge in [-0.05, 0) is 24.3 Å². The van der Waals surface area contributed by atoms with Crippen molar-refractivity contribution < 1.29 is 54.0 Å². The van der Waals surface area contributed by atoms with Gasteiger partial charge < -0.3 is 60.2 Å². The van der Waals surface area contributed by atoms with Gasteiger partial charge in [-0.1, -0.05) is 12.1 Å². The molecule has 0 atom stereocenters. The van der Waals surface area contributed by atoms with Crippen LogP contribution in [-0.2, 0) is 16.8 Å². The van der Waals surface area contributed by atoms with E-state index in [0.717, 1.165) is 11.4 Å². The zero-order valence-electron chi connectivity index (χ0n) is 13.1. The van der Waals surface area contributed by atoms with E-state index >= 15 is 0 Å². The van der Waals surface area contributed by atoms with Crippen molar-refractivity contribution in [1.82, 2.24) is 9.97 Å². The Hall–Kier alpha value is -0.484. The summed E-state index contributed by atoms with van der Waals surface area (Å²) in [5.74, 6) is 0. The normalized spacial score (nSPS) is 7.33. The van der Waals surface area contributed by atoms with Gasteiger partial charge in [0.2, 0.25) is 0 Å². The number of hydrogen-bond donors (Lipinski definition) is 4. The predicted octanol–water partition coefficient (Wildman–Crippen LogP) is -9.04. The average Bonchev–Trinajstić information content (AvgIpc) is 2.57. The zero-order valence-corrected chi connectivity index (χ0v) is 16.4. The smallest absolute Gasteiger partial charge is 1.00 e. The Kier molecular flexibility index (Phi) is 39.7. The quantitative estimate of drug-likeness (QED) is 0.374. The van der Waals surface area contributed by atoms with Gasteiger partial charge in [0.25, 0.3) is 0 Å². The molecular formula is C14H24Cl3CoN6.